The van der Waals surface area contributed by atoms with Gasteiger partial charge in [-0.2, -0.15) is 0 Å². The van der Waals surface area contributed by atoms with Gasteiger partial charge >= 0.3 is 7.82 Å². The summed E-state index contributed by atoms with van der Waals surface area (Å²) >= 11 is 0. The maximum atomic E-state index is 10.1. The molecule has 46 valence electrons. The smallest absolute Gasteiger partial charge is 0.328 e. The molecule has 0 spiro atoms. The van der Waals surface area contributed by atoms with Crippen LogP contribution in [0.2, 0.25) is 0 Å². The first-order valence-corrected chi connectivity index (χ1v) is 3.08. The normalized spacial score (nSPS) is 16.1. The highest BCUT2D eigenvalue weighted by Crippen LogP contribution is 2.41. The lowest BCUT2D eigenvalue weighted by Gasteiger charge is -1.99. The van der Waals surface area contributed by atoms with Crippen LogP contribution in [-0.4, -0.2) is 12.0 Å². The van der Waals surface area contributed by atoms with Crippen molar-refractivity contribution in [3.8, 4) is 6.26 Å². The molecule has 8 heavy (non-hydrogen) atoms. The van der Waals surface area contributed by atoms with Crippen molar-refractivity contribution in [2.45, 2.75) is 0 Å². The number of rotatable bonds is 2. The lowest BCUT2D eigenvalue weighted by Crippen LogP contribution is -1.83. The van der Waals surface area contributed by atoms with Crippen LogP contribution in [0.3, 0.4) is 0 Å². The highest BCUT2D eigenvalue weighted by Gasteiger charge is 2.18. The van der Waals surface area contributed by atoms with E-state index in [0.717, 1.165) is 13.4 Å². The van der Waals surface area contributed by atoms with Gasteiger partial charge in [-0.15, -0.1) is 5.26 Å². The Hall–Kier alpha value is -0.560. The van der Waals surface area contributed by atoms with E-state index in [9.17, 15) is 4.57 Å². The third kappa shape index (κ3) is 2.59. The summed E-state index contributed by atoms with van der Waals surface area (Å²) in [6.07, 6.45) is 1.02. The second-order valence-electron chi connectivity index (χ2n) is 0.834. The summed E-state index contributed by atoms with van der Waals surface area (Å²) < 4.78 is 17.5. The fourth-order valence-electron chi connectivity index (χ4n) is 0.0889. The number of phosphoric acid groups is 1. The molecule has 0 amide bonds. The van der Waals surface area contributed by atoms with Crippen LogP contribution in [-0.2, 0) is 13.6 Å². The molecule has 0 bridgehead atoms. The van der Waals surface area contributed by atoms with Crippen molar-refractivity contribution < 1.29 is 18.5 Å². The lowest BCUT2D eigenvalue weighted by atomic mass is 11.6. The molecule has 0 aromatic rings. The van der Waals surface area contributed by atoms with Crippen molar-refractivity contribution in [3.05, 3.63) is 0 Å². The Bertz CT molecular complexity index is 149. The summed E-state index contributed by atoms with van der Waals surface area (Å²) in [5.41, 5.74) is 0. The van der Waals surface area contributed by atoms with Gasteiger partial charge in [0.25, 0.3) is 6.26 Å². The predicted molar refractivity (Wildman–Crippen MR) is 23.5 cm³/mol. The standard InChI is InChI=1S/C2H4NO4P/c1-6-8(4,5)7-2-3/h1H3,(H,4,5). The van der Waals surface area contributed by atoms with Crippen molar-refractivity contribution in [2.75, 3.05) is 7.11 Å². The number of hydrogen-bond acceptors (Lipinski definition) is 4. The highest BCUT2D eigenvalue weighted by atomic mass is 31.2. The maximum absolute atomic E-state index is 10.1. The quantitative estimate of drug-likeness (QED) is 0.435. The molecule has 0 aromatic heterocycles. The zero-order valence-corrected chi connectivity index (χ0v) is 4.96. The average Bonchev–Trinajstić information content (AvgIpc) is 1.67. The minimum absolute atomic E-state index is 0.970. The zero-order chi connectivity index (χ0) is 6.62. The fourth-order valence-corrected chi connectivity index (χ4v) is 0.267. The molecular weight excluding hydrogens is 133 g/mol. The number of hydrogen-bond donors (Lipinski definition) is 1. The third-order valence-electron chi connectivity index (χ3n) is 0.387. The first kappa shape index (κ1) is 7.44. The van der Waals surface area contributed by atoms with E-state index in [2.05, 4.69) is 9.05 Å². The Balaban J connectivity index is 3.78. The van der Waals surface area contributed by atoms with Crippen LogP contribution in [0, 0.1) is 11.5 Å². The van der Waals surface area contributed by atoms with Crippen molar-refractivity contribution in [1.29, 1.82) is 5.26 Å². The molecule has 0 aliphatic heterocycles. The molecule has 0 aromatic carbocycles. The SMILES string of the molecule is COP(=O)(O)OC#N. The molecule has 0 saturated carbocycles. The number of phosphoric ester groups is 1. The van der Waals surface area contributed by atoms with Gasteiger partial charge in [0.15, 0.2) is 0 Å². The van der Waals surface area contributed by atoms with Gasteiger partial charge in [0.05, 0.1) is 0 Å². The Labute approximate surface area is 46.1 Å². The van der Waals surface area contributed by atoms with Crippen molar-refractivity contribution >= 4 is 7.82 Å². The lowest BCUT2D eigenvalue weighted by molar-refractivity contribution is 0.229. The summed E-state index contributed by atoms with van der Waals surface area (Å²) in [4.78, 5) is 8.21. The van der Waals surface area contributed by atoms with E-state index in [4.69, 9.17) is 10.2 Å². The second kappa shape index (κ2) is 2.68. The zero-order valence-electron chi connectivity index (χ0n) is 4.07. The fraction of sp³-hybridized carbons (Fsp3) is 0.500. The molecule has 1 unspecified atom stereocenters. The van der Waals surface area contributed by atoms with E-state index >= 15 is 0 Å². The minimum Gasteiger partial charge on any atom is -0.328 e. The van der Waals surface area contributed by atoms with Crippen LogP contribution in [0.1, 0.15) is 0 Å². The molecule has 0 rings (SSSR count). The van der Waals surface area contributed by atoms with Crippen LogP contribution >= 0.6 is 7.82 Å². The molecule has 1 N–H and O–H groups in total. The van der Waals surface area contributed by atoms with Gasteiger partial charge in [-0.25, -0.2) is 4.57 Å². The Morgan fingerprint density at radius 2 is 2.38 bits per heavy atom. The molecule has 0 heterocycles. The molecule has 1 atom stereocenters. The van der Waals surface area contributed by atoms with Crippen LogP contribution < -0.4 is 0 Å². The average molecular weight is 137 g/mol. The molecule has 6 heteroatoms. The number of nitriles is 1. The van der Waals surface area contributed by atoms with Crippen LogP contribution in [0.5, 0.6) is 0 Å². The van der Waals surface area contributed by atoms with Gasteiger partial charge in [-0.1, -0.05) is 0 Å². The van der Waals surface area contributed by atoms with Crippen LogP contribution in [0.15, 0.2) is 0 Å². The van der Waals surface area contributed by atoms with Gasteiger partial charge in [0, 0.05) is 7.11 Å². The summed E-state index contributed by atoms with van der Waals surface area (Å²) in [6, 6.07) is 0. The Morgan fingerprint density at radius 3 is 2.50 bits per heavy atom. The predicted octanol–water partition coefficient (Wildman–Crippen LogP) is 0.231. The summed E-state index contributed by atoms with van der Waals surface area (Å²) in [5, 5.41) is 7.65. The van der Waals surface area contributed by atoms with Crippen molar-refractivity contribution in [1.82, 2.24) is 0 Å². The van der Waals surface area contributed by atoms with E-state index in [-0.39, 0.29) is 0 Å². The molecule has 0 fully saturated rings. The van der Waals surface area contributed by atoms with Gasteiger partial charge in [0.2, 0.25) is 0 Å². The van der Waals surface area contributed by atoms with Gasteiger partial charge in [-0.05, 0) is 0 Å². The molecule has 0 saturated heterocycles. The largest absolute Gasteiger partial charge is 0.537 e. The summed E-state index contributed by atoms with van der Waals surface area (Å²) in [6.45, 7) is 0. The molecular formula is C2H4NO4P. The van der Waals surface area contributed by atoms with E-state index in [1.807, 2.05) is 0 Å². The third-order valence-corrected chi connectivity index (χ3v) is 1.16. The van der Waals surface area contributed by atoms with E-state index < -0.39 is 7.82 Å². The monoisotopic (exact) mass is 137 g/mol. The molecule has 0 aliphatic carbocycles. The van der Waals surface area contributed by atoms with E-state index in [1.165, 1.54) is 0 Å². The number of nitrogens with zero attached hydrogens (tertiary/aromatic N) is 1. The van der Waals surface area contributed by atoms with E-state index in [0.29, 0.717) is 0 Å². The summed E-state index contributed by atoms with van der Waals surface area (Å²) in [7, 11) is -3.06. The topological polar surface area (TPSA) is 79.6 Å². The first-order chi connectivity index (χ1) is 3.62. The maximum Gasteiger partial charge on any atom is 0.537 e. The van der Waals surface area contributed by atoms with Crippen molar-refractivity contribution in [2.24, 2.45) is 0 Å². The van der Waals surface area contributed by atoms with Crippen LogP contribution in [0.25, 0.3) is 0 Å². The minimum atomic E-state index is -4.03. The molecule has 0 radical (unpaired) electrons. The Morgan fingerprint density at radius 1 is 1.88 bits per heavy atom. The second-order valence-corrected chi connectivity index (χ2v) is 2.32. The van der Waals surface area contributed by atoms with Crippen LogP contribution in [0.4, 0.5) is 0 Å². The van der Waals surface area contributed by atoms with Gasteiger partial charge in [-0.3, -0.25) is 9.42 Å². The molecule has 5 nitrogen and oxygen atoms in total. The highest BCUT2D eigenvalue weighted by molar-refractivity contribution is 7.47. The van der Waals surface area contributed by atoms with E-state index in [1.54, 1.807) is 0 Å². The molecule has 0 aliphatic rings. The first-order valence-electron chi connectivity index (χ1n) is 1.58. The summed E-state index contributed by atoms with van der Waals surface area (Å²) in [5.74, 6) is 0. The van der Waals surface area contributed by atoms with Gasteiger partial charge in [0.1, 0.15) is 0 Å². The Kier molecular flexibility index (Phi) is 2.49. The van der Waals surface area contributed by atoms with Gasteiger partial charge < -0.3 is 4.52 Å². The van der Waals surface area contributed by atoms with Crippen molar-refractivity contribution in [3.63, 3.8) is 0 Å².